The molecule has 0 bridgehead atoms. The van der Waals surface area contributed by atoms with Crippen molar-refractivity contribution in [1.29, 1.82) is 0 Å². The van der Waals surface area contributed by atoms with E-state index in [1.807, 2.05) is 30.3 Å². The van der Waals surface area contributed by atoms with Crippen molar-refractivity contribution in [2.45, 2.75) is 12.6 Å². The maximum Gasteiger partial charge on any atom is 0.445 e. The van der Waals surface area contributed by atoms with Gasteiger partial charge in [0.2, 0.25) is 18.3 Å². The number of nitrogens with two attached hydrogens (primary N) is 1. The van der Waals surface area contributed by atoms with Gasteiger partial charge in [-0.3, -0.25) is 9.59 Å². The summed E-state index contributed by atoms with van der Waals surface area (Å²) in [5.74, 6) is -0.460. The fraction of sp³-hybridized carbons (Fsp3) is 0.286. The molecule has 2 rings (SSSR count). The molecule has 1 aromatic carbocycles. The molecule has 1 unspecified atom stereocenters. The lowest BCUT2D eigenvalue weighted by molar-refractivity contribution is -0.457. The second-order valence-electron chi connectivity index (χ2n) is 4.85. The van der Waals surface area contributed by atoms with Crippen LogP contribution in [0.4, 0.5) is 4.79 Å². The smallest absolute Gasteiger partial charge is 0.326 e. The third-order valence-electron chi connectivity index (χ3n) is 3.43. The molecule has 7 nitrogen and oxygen atoms in total. The van der Waals surface area contributed by atoms with Crippen LogP contribution < -0.4 is 5.73 Å². The summed E-state index contributed by atoms with van der Waals surface area (Å²) in [7, 11) is 2.83. The maximum atomic E-state index is 12.2. The van der Waals surface area contributed by atoms with Crippen LogP contribution >= 0.6 is 0 Å². The topological polar surface area (TPSA) is 86.7 Å². The van der Waals surface area contributed by atoms with Crippen LogP contribution in [0.3, 0.4) is 0 Å². The Morgan fingerprint density at radius 2 is 1.95 bits per heavy atom. The number of rotatable bonds is 4. The molecular weight excluding hydrogens is 272 g/mol. The highest BCUT2D eigenvalue weighted by molar-refractivity contribution is 6.13. The van der Waals surface area contributed by atoms with Crippen LogP contribution in [0.25, 0.3) is 0 Å². The minimum Gasteiger partial charge on any atom is -0.326 e. The molecule has 0 aliphatic carbocycles. The lowest BCUT2D eigenvalue weighted by Gasteiger charge is -2.29. The van der Waals surface area contributed by atoms with Crippen molar-refractivity contribution >= 4 is 24.2 Å². The fourth-order valence-electron chi connectivity index (χ4n) is 2.21. The normalized spacial score (nSPS) is 19.0. The Balaban J connectivity index is 2.44. The Morgan fingerprint density at radius 3 is 2.52 bits per heavy atom. The molecule has 0 saturated carbocycles. The summed E-state index contributed by atoms with van der Waals surface area (Å²) in [6, 6.07) is 7.82. The van der Waals surface area contributed by atoms with Gasteiger partial charge >= 0.3 is 11.9 Å². The van der Waals surface area contributed by atoms with Gasteiger partial charge in [0, 0.05) is 7.05 Å². The number of carbonyl (C=O) groups excluding carboxylic acids is 3. The third kappa shape index (κ3) is 2.62. The molecule has 1 aliphatic rings. The number of carbonyl (C=O) groups is 3. The van der Waals surface area contributed by atoms with Gasteiger partial charge in [-0.05, 0) is 5.56 Å². The number of likely N-dealkylation sites (N-methyl/N-ethyl adjacent to an activating group) is 2. The van der Waals surface area contributed by atoms with Crippen LogP contribution in [0.5, 0.6) is 0 Å². The molecule has 1 atom stereocenters. The average molecular weight is 289 g/mol. The molecule has 2 N–H and O–H groups in total. The summed E-state index contributed by atoms with van der Waals surface area (Å²) in [6.45, 7) is 0.242. The fourth-order valence-corrected chi connectivity index (χ4v) is 2.21. The number of amidine groups is 1. The molecule has 4 amide bonds. The number of urea groups is 1. The van der Waals surface area contributed by atoms with Crippen molar-refractivity contribution in [3.63, 3.8) is 0 Å². The van der Waals surface area contributed by atoms with Gasteiger partial charge in [0.15, 0.2) is 0 Å². The molecule has 0 radical (unpaired) electrons. The van der Waals surface area contributed by atoms with E-state index in [0.717, 1.165) is 15.4 Å². The van der Waals surface area contributed by atoms with Crippen molar-refractivity contribution in [3.05, 3.63) is 35.9 Å². The van der Waals surface area contributed by atoms with E-state index >= 15 is 0 Å². The van der Waals surface area contributed by atoms with Crippen molar-refractivity contribution in [2.24, 2.45) is 5.73 Å². The Bertz CT molecular complexity index is 612. The van der Waals surface area contributed by atoms with Gasteiger partial charge in [0.25, 0.3) is 0 Å². The summed E-state index contributed by atoms with van der Waals surface area (Å²) in [5, 5.41) is 0. The van der Waals surface area contributed by atoms with Crippen LogP contribution in [0.15, 0.2) is 30.3 Å². The first kappa shape index (κ1) is 14.7. The second-order valence-corrected chi connectivity index (χ2v) is 4.85. The minimum absolute atomic E-state index is 0.0570. The molecule has 7 heteroatoms. The number of hydrogen-bond acceptors (Lipinski definition) is 4. The Hall–Kier alpha value is -2.70. The quantitative estimate of drug-likeness (QED) is 0.604. The van der Waals surface area contributed by atoms with E-state index in [-0.39, 0.29) is 12.4 Å². The highest BCUT2D eigenvalue weighted by atomic mass is 16.2. The lowest BCUT2D eigenvalue weighted by Crippen LogP contribution is -2.63. The molecule has 110 valence electrons. The van der Waals surface area contributed by atoms with Gasteiger partial charge in [-0.2, -0.15) is 9.48 Å². The van der Waals surface area contributed by atoms with Crippen LogP contribution in [0.1, 0.15) is 5.56 Å². The standard InChI is InChI=1S/C14H16N4O3/c1-16(9-19)11-12(15)18(14(21)17(2)13(11)20)8-10-6-4-3-5-7-10/h3-7,9,11,15H,8H2,1-2H3/p+1. The Kier molecular flexibility index (Phi) is 4.02. The Morgan fingerprint density at radius 1 is 1.33 bits per heavy atom. The van der Waals surface area contributed by atoms with E-state index in [4.69, 9.17) is 5.73 Å². The van der Waals surface area contributed by atoms with Crippen LogP contribution in [0, 0.1) is 0 Å². The molecule has 0 saturated heterocycles. The van der Waals surface area contributed by atoms with Crippen LogP contribution in [-0.2, 0) is 16.1 Å². The van der Waals surface area contributed by atoms with Crippen LogP contribution in [-0.4, -0.2) is 58.7 Å². The van der Waals surface area contributed by atoms with Crippen molar-refractivity contribution < 1.29 is 19.0 Å². The van der Waals surface area contributed by atoms with E-state index in [9.17, 15) is 14.4 Å². The number of amides is 4. The summed E-state index contributed by atoms with van der Waals surface area (Å²) < 4.78 is 1.31. The first-order valence-corrected chi connectivity index (χ1v) is 6.40. The molecule has 1 aromatic rings. The molecule has 21 heavy (non-hydrogen) atoms. The summed E-state index contributed by atoms with van der Waals surface area (Å²) in [5.41, 5.74) is 6.84. The van der Waals surface area contributed by atoms with Gasteiger partial charge in [-0.15, -0.1) is 0 Å². The van der Waals surface area contributed by atoms with Crippen LogP contribution in [0.2, 0.25) is 0 Å². The summed E-state index contributed by atoms with van der Waals surface area (Å²) in [4.78, 5) is 37.4. The zero-order chi connectivity index (χ0) is 15.6. The predicted molar refractivity (Wildman–Crippen MR) is 75.4 cm³/mol. The molecule has 0 fully saturated rings. The van der Waals surface area contributed by atoms with Crippen molar-refractivity contribution in [2.75, 3.05) is 14.1 Å². The first-order valence-electron chi connectivity index (χ1n) is 6.40. The average Bonchev–Trinajstić information content (AvgIpc) is 2.50. The van der Waals surface area contributed by atoms with E-state index in [0.29, 0.717) is 6.41 Å². The van der Waals surface area contributed by atoms with Gasteiger partial charge < -0.3 is 10.6 Å². The van der Waals surface area contributed by atoms with Crippen molar-refractivity contribution in [3.8, 4) is 0 Å². The third-order valence-corrected chi connectivity index (χ3v) is 3.43. The predicted octanol–water partition coefficient (Wildman–Crippen LogP) is -0.395. The van der Waals surface area contributed by atoms with E-state index < -0.39 is 18.0 Å². The second kappa shape index (κ2) is 5.74. The molecule has 0 spiro atoms. The van der Waals surface area contributed by atoms with E-state index in [1.54, 1.807) is 0 Å². The van der Waals surface area contributed by atoms with E-state index in [1.165, 1.54) is 18.7 Å². The minimum atomic E-state index is -0.964. The van der Waals surface area contributed by atoms with E-state index in [2.05, 4.69) is 0 Å². The number of nitrogens with zero attached hydrogens (tertiary/aromatic N) is 3. The summed E-state index contributed by atoms with van der Waals surface area (Å²) in [6.07, 6.45) is 0.514. The van der Waals surface area contributed by atoms with Gasteiger partial charge in [-0.25, -0.2) is 4.79 Å². The first-order chi connectivity index (χ1) is 9.97. The highest BCUT2D eigenvalue weighted by Crippen LogP contribution is 2.11. The SMILES string of the molecule is CN1C(=O)C(N(C)C=O)C(N)=[N+](Cc2ccccc2)C1=O. The molecule has 1 aliphatic heterocycles. The number of benzene rings is 1. The highest BCUT2D eigenvalue weighted by Gasteiger charge is 2.45. The summed E-state index contributed by atoms with van der Waals surface area (Å²) >= 11 is 0. The lowest BCUT2D eigenvalue weighted by atomic mass is 10.1. The number of imide groups is 1. The Labute approximate surface area is 122 Å². The zero-order valence-electron chi connectivity index (χ0n) is 11.9. The van der Waals surface area contributed by atoms with Gasteiger partial charge in [-0.1, -0.05) is 30.3 Å². The molecule has 1 heterocycles. The molecule has 0 aromatic heterocycles. The maximum absolute atomic E-state index is 12.2. The van der Waals surface area contributed by atoms with Crippen molar-refractivity contribution in [1.82, 2.24) is 9.80 Å². The van der Waals surface area contributed by atoms with Gasteiger partial charge in [0.1, 0.15) is 6.54 Å². The zero-order valence-corrected chi connectivity index (χ0v) is 11.9. The largest absolute Gasteiger partial charge is 0.445 e. The molecular formula is C14H17N4O3+. The van der Waals surface area contributed by atoms with Gasteiger partial charge in [0.05, 0.1) is 7.05 Å². The number of hydrogen-bond donors (Lipinski definition) is 1. The monoisotopic (exact) mass is 289 g/mol.